The highest BCUT2D eigenvalue weighted by Crippen LogP contribution is 2.29. The second kappa shape index (κ2) is 5.50. The number of hydrogen-bond acceptors (Lipinski definition) is 3. The van der Waals surface area contributed by atoms with Crippen molar-refractivity contribution < 1.29 is 4.79 Å². The maximum Gasteiger partial charge on any atom is 0.239 e. The van der Waals surface area contributed by atoms with Crippen molar-refractivity contribution in [3.8, 4) is 6.07 Å². The number of carbonyl (C=O) groups is 1. The first-order valence-electron chi connectivity index (χ1n) is 6.65. The molecule has 0 bridgehead atoms. The first-order valence-corrected chi connectivity index (χ1v) is 6.65. The molecule has 1 saturated carbocycles. The largest absolute Gasteiger partial charge is 0.341 e. The van der Waals surface area contributed by atoms with E-state index in [9.17, 15) is 4.79 Å². The molecule has 4 heteroatoms. The summed E-state index contributed by atoms with van der Waals surface area (Å²) in [4.78, 5) is 16.5. The summed E-state index contributed by atoms with van der Waals surface area (Å²) in [5.41, 5.74) is 0. The van der Waals surface area contributed by atoms with Crippen molar-refractivity contribution in [2.45, 2.75) is 51.1 Å². The molecule has 0 aromatic heterocycles. The maximum atomic E-state index is 12.3. The van der Waals surface area contributed by atoms with Crippen molar-refractivity contribution in [1.29, 1.82) is 5.26 Å². The normalized spacial score (nSPS) is 21.6. The summed E-state index contributed by atoms with van der Waals surface area (Å²) < 4.78 is 0. The van der Waals surface area contributed by atoms with Crippen molar-refractivity contribution in [3.63, 3.8) is 0 Å². The predicted molar refractivity (Wildman–Crippen MR) is 65.2 cm³/mol. The standard InChI is InChI=1S/C13H21N3O/c1-11(13(17)15-8-2-3-9-15)16(10-4-7-14)12-5-6-12/h11-12H,2-6,8-10H2,1H3. The predicted octanol–water partition coefficient (Wildman–Crippen LogP) is 1.38. The minimum absolute atomic E-state index is 0.0473. The molecule has 1 unspecified atom stereocenters. The minimum atomic E-state index is -0.0473. The fourth-order valence-electron chi connectivity index (χ4n) is 2.62. The summed E-state index contributed by atoms with van der Waals surface area (Å²) in [5, 5.41) is 8.68. The van der Waals surface area contributed by atoms with Gasteiger partial charge in [-0.25, -0.2) is 0 Å². The second-order valence-electron chi connectivity index (χ2n) is 5.09. The Labute approximate surface area is 103 Å². The van der Waals surface area contributed by atoms with Gasteiger partial charge in [0.1, 0.15) is 0 Å². The van der Waals surface area contributed by atoms with Crippen molar-refractivity contribution in [2.75, 3.05) is 19.6 Å². The zero-order valence-electron chi connectivity index (χ0n) is 10.6. The number of carbonyl (C=O) groups excluding carboxylic acids is 1. The number of hydrogen-bond donors (Lipinski definition) is 0. The molecular formula is C13H21N3O. The molecule has 0 radical (unpaired) electrons. The number of likely N-dealkylation sites (tertiary alicyclic amines) is 1. The topological polar surface area (TPSA) is 47.3 Å². The third-order valence-electron chi connectivity index (χ3n) is 3.77. The van der Waals surface area contributed by atoms with Crippen LogP contribution in [0.1, 0.15) is 39.0 Å². The van der Waals surface area contributed by atoms with Gasteiger partial charge in [0.05, 0.1) is 12.1 Å². The van der Waals surface area contributed by atoms with Crippen LogP contribution in [0.4, 0.5) is 0 Å². The van der Waals surface area contributed by atoms with Crippen molar-refractivity contribution in [3.05, 3.63) is 0 Å². The molecule has 2 rings (SSSR count). The third-order valence-corrected chi connectivity index (χ3v) is 3.77. The van der Waals surface area contributed by atoms with Crippen LogP contribution in [0.25, 0.3) is 0 Å². The average molecular weight is 235 g/mol. The first-order chi connectivity index (χ1) is 8.24. The van der Waals surface area contributed by atoms with Crippen LogP contribution in [0.2, 0.25) is 0 Å². The maximum absolute atomic E-state index is 12.3. The van der Waals surface area contributed by atoms with E-state index in [0.29, 0.717) is 12.5 Å². The molecule has 94 valence electrons. The van der Waals surface area contributed by atoms with Crippen LogP contribution >= 0.6 is 0 Å². The Balaban J connectivity index is 1.92. The molecular weight excluding hydrogens is 214 g/mol. The molecule has 2 aliphatic rings. The number of nitriles is 1. The minimum Gasteiger partial charge on any atom is -0.341 e. The lowest BCUT2D eigenvalue weighted by molar-refractivity contribution is -0.135. The van der Waals surface area contributed by atoms with Crippen molar-refractivity contribution >= 4 is 5.91 Å². The SMILES string of the molecule is CC(C(=O)N1CCCC1)N(CCC#N)C1CC1. The molecule has 1 atom stereocenters. The van der Waals surface area contributed by atoms with Gasteiger partial charge in [0.2, 0.25) is 5.91 Å². The third kappa shape index (κ3) is 2.98. The molecule has 17 heavy (non-hydrogen) atoms. The molecule has 1 aliphatic carbocycles. The van der Waals surface area contributed by atoms with Crippen LogP contribution in [0.15, 0.2) is 0 Å². The summed E-state index contributed by atoms with van der Waals surface area (Å²) in [6, 6.07) is 2.68. The summed E-state index contributed by atoms with van der Waals surface area (Å²) in [6.45, 7) is 4.57. The van der Waals surface area contributed by atoms with E-state index in [0.717, 1.165) is 32.5 Å². The van der Waals surface area contributed by atoms with E-state index in [1.807, 2.05) is 11.8 Å². The van der Waals surface area contributed by atoms with Crippen LogP contribution in [0.3, 0.4) is 0 Å². The Morgan fingerprint density at radius 1 is 1.47 bits per heavy atom. The monoisotopic (exact) mass is 235 g/mol. The van der Waals surface area contributed by atoms with Gasteiger partial charge in [-0.15, -0.1) is 0 Å². The molecule has 0 spiro atoms. The second-order valence-corrected chi connectivity index (χ2v) is 5.09. The van der Waals surface area contributed by atoms with Gasteiger partial charge in [-0.05, 0) is 32.6 Å². The molecule has 4 nitrogen and oxygen atoms in total. The first kappa shape index (κ1) is 12.4. The Morgan fingerprint density at radius 3 is 2.65 bits per heavy atom. The summed E-state index contributed by atoms with van der Waals surface area (Å²) in [7, 11) is 0. The highest BCUT2D eigenvalue weighted by atomic mass is 16.2. The molecule has 1 amide bonds. The number of nitrogens with zero attached hydrogens (tertiary/aromatic N) is 3. The number of amides is 1. The van der Waals surface area contributed by atoms with E-state index in [-0.39, 0.29) is 11.9 Å². The molecule has 0 aromatic rings. The lowest BCUT2D eigenvalue weighted by atomic mass is 10.2. The zero-order chi connectivity index (χ0) is 12.3. The van der Waals surface area contributed by atoms with Crippen LogP contribution in [-0.2, 0) is 4.79 Å². The Morgan fingerprint density at radius 2 is 2.12 bits per heavy atom. The highest BCUT2D eigenvalue weighted by molar-refractivity contribution is 5.81. The summed E-state index contributed by atoms with van der Waals surface area (Å²) in [6.07, 6.45) is 5.17. The zero-order valence-corrected chi connectivity index (χ0v) is 10.6. The average Bonchev–Trinajstić information content (AvgIpc) is 3.02. The lowest BCUT2D eigenvalue weighted by Gasteiger charge is -2.30. The van der Waals surface area contributed by atoms with Crippen molar-refractivity contribution in [1.82, 2.24) is 9.80 Å². The highest BCUT2D eigenvalue weighted by Gasteiger charge is 2.36. The van der Waals surface area contributed by atoms with Gasteiger partial charge >= 0.3 is 0 Å². The van der Waals surface area contributed by atoms with Gasteiger partial charge in [-0.2, -0.15) is 5.26 Å². The smallest absolute Gasteiger partial charge is 0.239 e. The van der Waals surface area contributed by atoms with Crippen LogP contribution in [0, 0.1) is 11.3 Å². The van der Waals surface area contributed by atoms with E-state index in [2.05, 4.69) is 11.0 Å². The Hall–Kier alpha value is -1.08. The van der Waals surface area contributed by atoms with E-state index in [4.69, 9.17) is 5.26 Å². The number of rotatable bonds is 5. The van der Waals surface area contributed by atoms with Crippen LogP contribution < -0.4 is 0 Å². The molecule has 1 aliphatic heterocycles. The molecule has 1 heterocycles. The lowest BCUT2D eigenvalue weighted by Crippen LogP contribution is -2.47. The molecule has 2 fully saturated rings. The van der Waals surface area contributed by atoms with E-state index < -0.39 is 0 Å². The summed E-state index contributed by atoms with van der Waals surface area (Å²) >= 11 is 0. The van der Waals surface area contributed by atoms with E-state index >= 15 is 0 Å². The Kier molecular flexibility index (Phi) is 4.01. The fourth-order valence-corrected chi connectivity index (χ4v) is 2.62. The molecule has 0 aromatic carbocycles. The van der Waals surface area contributed by atoms with Gasteiger partial charge in [-0.3, -0.25) is 9.69 Å². The van der Waals surface area contributed by atoms with E-state index in [1.54, 1.807) is 0 Å². The fraction of sp³-hybridized carbons (Fsp3) is 0.846. The van der Waals surface area contributed by atoms with Gasteiger partial charge in [-0.1, -0.05) is 0 Å². The van der Waals surface area contributed by atoms with Gasteiger partial charge in [0, 0.05) is 32.1 Å². The van der Waals surface area contributed by atoms with Crippen molar-refractivity contribution in [2.24, 2.45) is 0 Å². The van der Waals surface area contributed by atoms with Gasteiger partial charge in [0.15, 0.2) is 0 Å². The quantitative estimate of drug-likeness (QED) is 0.723. The van der Waals surface area contributed by atoms with Crippen LogP contribution in [-0.4, -0.2) is 47.4 Å². The molecule has 1 saturated heterocycles. The Bertz CT molecular complexity index is 313. The molecule has 0 N–H and O–H groups in total. The van der Waals surface area contributed by atoms with Gasteiger partial charge < -0.3 is 4.90 Å². The van der Waals surface area contributed by atoms with E-state index in [1.165, 1.54) is 12.8 Å². The summed E-state index contributed by atoms with van der Waals surface area (Å²) in [5.74, 6) is 0.257. The van der Waals surface area contributed by atoms with Crippen LogP contribution in [0.5, 0.6) is 0 Å². The van der Waals surface area contributed by atoms with Gasteiger partial charge in [0.25, 0.3) is 0 Å².